The summed E-state index contributed by atoms with van der Waals surface area (Å²) in [6.07, 6.45) is 8.03. The molecule has 0 spiro atoms. The van der Waals surface area contributed by atoms with Gasteiger partial charge in [0.25, 0.3) is 0 Å². The topological polar surface area (TPSA) is 82.3 Å². The molecule has 5 aromatic rings. The second-order valence-electron chi connectivity index (χ2n) is 8.71. The number of rotatable bonds is 4. The van der Waals surface area contributed by atoms with Crippen LogP contribution in [0.15, 0.2) is 84.1 Å². The summed E-state index contributed by atoms with van der Waals surface area (Å²) >= 11 is -2.30. The van der Waals surface area contributed by atoms with Crippen molar-refractivity contribution in [2.45, 2.75) is 23.7 Å². The predicted octanol–water partition coefficient (Wildman–Crippen LogP) is 4.92. The molecule has 1 atom stereocenters. The molecule has 0 bridgehead atoms. The molecule has 0 saturated carbocycles. The summed E-state index contributed by atoms with van der Waals surface area (Å²) in [6, 6.07) is 19.8. The van der Waals surface area contributed by atoms with Crippen LogP contribution in [-0.2, 0) is 11.1 Å². The molecule has 34 heavy (non-hydrogen) atoms. The van der Waals surface area contributed by atoms with Gasteiger partial charge >= 0.3 is 0 Å². The summed E-state index contributed by atoms with van der Waals surface area (Å²) in [7, 11) is 0. The summed E-state index contributed by atoms with van der Waals surface area (Å²) in [5.41, 5.74) is 6.02. The molecule has 2 aromatic heterocycles. The molecule has 7 heteroatoms. The molecule has 0 amide bonds. The van der Waals surface area contributed by atoms with Crippen LogP contribution < -0.4 is 5.32 Å². The van der Waals surface area contributed by atoms with Gasteiger partial charge in [0, 0.05) is 28.4 Å². The summed E-state index contributed by atoms with van der Waals surface area (Å²) in [6.45, 7) is 2.17. The molecule has 170 valence electrons. The number of aromatic nitrogens is 3. The quantitative estimate of drug-likeness (QED) is 0.379. The Labute approximate surface area is 199 Å². The SMILES string of the molecule is O=S([O-])c1ccc(-c2cnn3cc(-c4ccc(C5CCNCC5)cc4)cnc23)c2ccccc12. The molecule has 0 aliphatic carbocycles. The molecular formula is C27H23N4O2S-. The van der Waals surface area contributed by atoms with E-state index in [0.717, 1.165) is 46.4 Å². The van der Waals surface area contributed by atoms with E-state index in [4.69, 9.17) is 4.98 Å². The van der Waals surface area contributed by atoms with Gasteiger partial charge in [-0.1, -0.05) is 54.6 Å². The molecular weight excluding hydrogens is 444 g/mol. The van der Waals surface area contributed by atoms with Crippen molar-refractivity contribution in [1.82, 2.24) is 19.9 Å². The lowest BCUT2D eigenvalue weighted by Crippen LogP contribution is -2.26. The average Bonchev–Trinajstić information content (AvgIpc) is 3.31. The van der Waals surface area contributed by atoms with Gasteiger partial charge in [-0.05, 0) is 76.5 Å². The third kappa shape index (κ3) is 3.72. The highest BCUT2D eigenvalue weighted by Crippen LogP contribution is 2.34. The van der Waals surface area contributed by atoms with Gasteiger partial charge in [-0.25, -0.2) is 9.50 Å². The van der Waals surface area contributed by atoms with E-state index in [2.05, 4.69) is 34.7 Å². The molecule has 1 saturated heterocycles. The average molecular weight is 468 g/mol. The maximum absolute atomic E-state index is 11.7. The number of piperidine rings is 1. The van der Waals surface area contributed by atoms with Gasteiger partial charge in [-0.15, -0.1) is 0 Å². The van der Waals surface area contributed by atoms with Crippen LogP contribution in [0.2, 0.25) is 0 Å². The number of nitrogens with one attached hydrogen (secondary N) is 1. The fourth-order valence-electron chi connectivity index (χ4n) is 4.97. The Morgan fingerprint density at radius 3 is 2.41 bits per heavy atom. The second kappa shape index (κ2) is 8.76. The summed E-state index contributed by atoms with van der Waals surface area (Å²) < 4.78 is 25.1. The Morgan fingerprint density at radius 2 is 1.65 bits per heavy atom. The van der Waals surface area contributed by atoms with Crippen molar-refractivity contribution >= 4 is 27.5 Å². The largest absolute Gasteiger partial charge is 0.768 e. The van der Waals surface area contributed by atoms with E-state index in [0.29, 0.717) is 16.2 Å². The van der Waals surface area contributed by atoms with Gasteiger partial charge in [0.1, 0.15) is 0 Å². The summed E-state index contributed by atoms with van der Waals surface area (Å²) in [4.78, 5) is 5.03. The van der Waals surface area contributed by atoms with E-state index in [1.807, 2.05) is 42.7 Å². The van der Waals surface area contributed by atoms with Crippen LogP contribution in [0.5, 0.6) is 0 Å². The highest BCUT2D eigenvalue weighted by Gasteiger charge is 2.16. The predicted molar refractivity (Wildman–Crippen MR) is 133 cm³/mol. The molecule has 1 fully saturated rings. The van der Waals surface area contributed by atoms with E-state index in [1.54, 1.807) is 16.8 Å². The number of benzene rings is 3. The fraction of sp³-hybridized carbons (Fsp3) is 0.185. The van der Waals surface area contributed by atoms with Crippen LogP contribution in [0.25, 0.3) is 38.7 Å². The van der Waals surface area contributed by atoms with Crippen molar-refractivity contribution in [2.75, 3.05) is 13.1 Å². The zero-order chi connectivity index (χ0) is 23.1. The molecule has 1 aliphatic rings. The highest BCUT2D eigenvalue weighted by atomic mass is 32.2. The Balaban J connectivity index is 1.37. The van der Waals surface area contributed by atoms with Crippen LogP contribution in [0.4, 0.5) is 0 Å². The molecule has 3 heterocycles. The minimum Gasteiger partial charge on any atom is -0.768 e. The molecule has 1 N–H and O–H groups in total. The first-order valence-electron chi connectivity index (χ1n) is 11.4. The molecule has 0 radical (unpaired) electrons. The summed E-state index contributed by atoms with van der Waals surface area (Å²) in [5.74, 6) is 0.629. The molecule has 1 aliphatic heterocycles. The lowest BCUT2D eigenvalue weighted by Gasteiger charge is -2.23. The Morgan fingerprint density at radius 1 is 0.882 bits per heavy atom. The van der Waals surface area contributed by atoms with Crippen molar-refractivity contribution in [3.05, 3.63) is 84.8 Å². The highest BCUT2D eigenvalue weighted by molar-refractivity contribution is 7.79. The number of hydrogen-bond acceptors (Lipinski definition) is 5. The van der Waals surface area contributed by atoms with Gasteiger partial charge < -0.3 is 9.87 Å². The van der Waals surface area contributed by atoms with Crippen molar-refractivity contribution in [2.24, 2.45) is 0 Å². The van der Waals surface area contributed by atoms with E-state index in [-0.39, 0.29) is 0 Å². The van der Waals surface area contributed by atoms with Crippen molar-refractivity contribution in [1.29, 1.82) is 0 Å². The van der Waals surface area contributed by atoms with Gasteiger partial charge in [0.05, 0.1) is 6.20 Å². The summed E-state index contributed by atoms with van der Waals surface area (Å²) in [5, 5.41) is 9.54. The van der Waals surface area contributed by atoms with Crippen LogP contribution in [0.3, 0.4) is 0 Å². The van der Waals surface area contributed by atoms with E-state index in [1.165, 1.54) is 18.4 Å². The van der Waals surface area contributed by atoms with Gasteiger partial charge in [-0.2, -0.15) is 5.10 Å². The maximum atomic E-state index is 11.7. The lowest BCUT2D eigenvalue weighted by molar-refractivity contribution is 0.460. The first-order chi connectivity index (χ1) is 16.7. The minimum absolute atomic E-state index is 0.291. The monoisotopic (exact) mass is 467 g/mol. The number of nitrogens with zero attached hydrogens (tertiary/aromatic N) is 3. The zero-order valence-corrected chi connectivity index (χ0v) is 19.3. The van der Waals surface area contributed by atoms with Gasteiger partial charge in [0.2, 0.25) is 0 Å². The molecule has 3 aromatic carbocycles. The zero-order valence-electron chi connectivity index (χ0n) is 18.5. The molecule has 1 unspecified atom stereocenters. The molecule has 6 rings (SSSR count). The molecule has 6 nitrogen and oxygen atoms in total. The van der Waals surface area contributed by atoms with Crippen LogP contribution in [0, 0.1) is 0 Å². The third-order valence-corrected chi connectivity index (χ3v) is 7.48. The van der Waals surface area contributed by atoms with Crippen molar-refractivity contribution < 1.29 is 8.76 Å². The van der Waals surface area contributed by atoms with Gasteiger partial charge in [0.15, 0.2) is 5.65 Å². The van der Waals surface area contributed by atoms with E-state index in [9.17, 15) is 8.76 Å². The van der Waals surface area contributed by atoms with Gasteiger partial charge in [-0.3, -0.25) is 4.21 Å². The second-order valence-corrected chi connectivity index (χ2v) is 9.62. The Hall–Kier alpha value is -3.39. The minimum atomic E-state index is -2.30. The first-order valence-corrected chi connectivity index (χ1v) is 12.5. The normalized spacial score (nSPS) is 15.7. The number of hydrogen-bond donors (Lipinski definition) is 1. The van der Waals surface area contributed by atoms with Crippen LogP contribution in [-0.4, -0.2) is 36.4 Å². The van der Waals surface area contributed by atoms with E-state index >= 15 is 0 Å². The van der Waals surface area contributed by atoms with E-state index < -0.39 is 11.1 Å². The standard InChI is InChI=1S/C27H24N4O2S/c32-34(33)26-10-9-23(22-3-1-2-4-24(22)26)25-16-30-31-17-21(15-29-27(25)31)19-7-5-18(6-8-19)20-11-13-28-14-12-20/h1-10,15-17,20,28H,11-14H2,(H,32,33)/p-1. The first kappa shape index (κ1) is 21.2. The van der Waals surface area contributed by atoms with Crippen molar-refractivity contribution in [3.63, 3.8) is 0 Å². The Bertz CT molecular complexity index is 1520. The van der Waals surface area contributed by atoms with Crippen LogP contribution >= 0.6 is 0 Å². The van der Waals surface area contributed by atoms with Crippen molar-refractivity contribution in [3.8, 4) is 22.3 Å². The number of fused-ring (bicyclic) bond motifs is 2. The fourth-order valence-corrected chi connectivity index (χ4v) is 5.51. The Kier molecular flexibility index (Phi) is 5.45. The van der Waals surface area contributed by atoms with Crippen LogP contribution in [0.1, 0.15) is 24.3 Å². The third-order valence-electron chi connectivity index (χ3n) is 6.76. The lowest BCUT2D eigenvalue weighted by atomic mass is 9.89. The smallest absolute Gasteiger partial charge is 0.162 e. The maximum Gasteiger partial charge on any atom is 0.162 e.